The molecule has 0 saturated heterocycles. The lowest BCUT2D eigenvalue weighted by Crippen LogP contribution is -2.36. The first-order valence-electron chi connectivity index (χ1n) is 9.05. The largest absolute Gasteiger partial charge is 0.377 e. The Morgan fingerprint density at radius 2 is 1.89 bits per heavy atom. The molecule has 2 amide bonds. The number of anilines is 1. The number of carbonyl (C=O) groups is 2. The number of rotatable bonds is 7. The molecule has 1 aliphatic rings. The molecule has 1 heterocycles. The molecule has 6 nitrogen and oxygen atoms in total. The molecule has 2 aromatic rings. The highest BCUT2D eigenvalue weighted by Crippen LogP contribution is 2.16. The third-order valence-electron chi connectivity index (χ3n) is 4.20. The van der Waals surface area contributed by atoms with Crippen molar-refractivity contribution in [2.24, 2.45) is 5.10 Å². The number of carbonyl (C=O) groups excluding carboxylic acids is 2. The summed E-state index contributed by atoms with van der Waals surface area (Å²) in [7, 11) is 0. The van der Waals surface area contributed by atoms with Crippen LogP contribution in [0.15, 0.2) is 59.7 Å². The molecule has 0 bridgehead atoms. The van der Waals surface area contributed by atoms with Crippen molar-refractivity contribution in [2.75, 3.05) is 11.9 Å². The molecule has 0 spiro atoms. The molecule has 27 heavy (non-hydrogen) atoms. The summed E-state index contributed by atoms with van der Waals surface area (Å²) in [5.74, 6) is -0.358. The number of nitrogens with zero attached hydrogens (tertiary/aromatic N) is 2. The molecule has 0 saturated carbocycles. The summed E-state index contributed by atoms with van der Waals surface area (Å²) < 4.78 is 5.40. The van der Waals surface area contributed by atoms with Crippen molar-refractivity contribution in [3.05, 3.63) is 65.7 Å². The van der Waals surface area contributed by atoms with Crippen LogP contribution < -0.4 is 5.32 Å². The summed E-state index contributed by atoms with van der Waals surface area (Å²) in [6.45, 7) is 3.44. The fourth-order valence-corrected chi connectivity index (χ4v) is 2.81. The molecular weight excluding hydrogens is 342 g/mol. The topological polar surface area (TPSA) is 71.0 Å². The third kappa shape index (κ3) is 5.24. The van der Waals surface area contributed by atoms with Gasteiger partial charge >= 0.3 is 0 Å². The van der Waals surface area contributed by atoms with Crippen LogP contribution in [0, 0.1) is 0 Å². The number of benzene rings is 2. The number of amides is 2. The van der Waals surface area contributed by atoms with Gasteiger partial charge in [-0.3, -0.25) is 9.59 Å². The van der Waals surface area contributed by atoms with Crippen molar-refractivity contribution in [3.8, 4) is 0 Å². The third-order valence-corrected chi connectivity index (χ3v) is 4.20. The summed E-state index contributed by atoms with van der Waals surface area (Å²) >= 11 is 0. The monoisotopic (exact) mass is 365 g/mol. The van der Waals surface area contributed by atoms with Gasteiger partial charge in [-0.15, -0.1) is 0 Å². The average Bonchev–Trinajstić information content (AvgIpc) is 2.69. The SMILES string of the molecule is CCOCc1cccc(NC(=O)C2=NN(Cc3ccccc3)C(=O)CC2)c1. The van der Waals surface area contributed by atoms with E-state index < -0.39 is 0 Å². The Kier molecular flexibility index (Phi) is 6.33. The highest BCUT2D eigenvalue weighted by molar-refractivity contribution is 6.43. The van der Waals surface area contributed by atoms with Crippen molar-refractivity contribution in [2.45, 2.75) is 32.9 Å². The minimum atomic E-state index is -0.283. The van der Waals surface area contributed by atoms with Crippen LogP contribution in [-0.2, 0) is 27.5 Å². The summed E-state index contributed by atoms with van der Waals surface area (Å²) in [5, 5.41) is 8.53. The van der Waals surface area contributed by atoms with E-state index in [1.807, 2.05) is 61.5 Å². The Balaban J connectivity index is 1.68. The van der Waals surface area contributed by atoms with Crippen molar-refractivity contribution in [3.63, 3.8) is 0 Å². The second-order valence-electron chi connectivity index (χ2n) is 6.28. The quantitative estimate of drug-likeness (QED) is 0.818. The lowest BCUT2D eigenvalue weighted by atomic mass is 10.1. The van der Waals surface area contributed by atoms with E-state index in [1.165, 1.54) is 5.01 Å². The average molecular weight is 365 g/mol. The van der Waals surface area contributed by atoms with E-state index in [1.54, 1.807) is 0 Å². The van der Waals surface area contributed by atoms with E-state index in [0.29, 0.717) is 37.6 Å². The van der Waals surface area contributed by atoms with E-state index in [0.717, 1.165) is 11.1 Å². The number of ether oxygens (including phenoxy) is 1. The zero-order valence-corrected chi connectivity index (χ0v) is 15.4. The second kappa shape index (κ2) is 9.09. The van der Waals surface area contributed by atoms with Crippen LogP contribution in [0.4, 0.5) is 5.69 Å². The van der Waals surface area contributed by atoms with Gasteiger partial charge in [0.25, 0.3) is 5.91 Å². The number of nitrogens with one attached hydrogen (secondary N) is 1. The molecule has 0 atom stereocenters. The summed E-state index contributed by atoms with van der Waals surface area (Å²) in [4.78, 5) is 24.7. The maximum atomic E-state index is 12.6. The maximum absolute atomic E-state index is 12.6. The second-order valence-corrected chi connectivity index (χ2v) is 6.28. The van der Waals surface area contributed by atoms with E-state index in [4.69, 9.17) is 4.74 Å². The van der Waals surface area contributed by atoms with Crippen LogP contribution in [0.3, 0.4) is 0 Å². The Morgan fingerprint density at radius 3 is 2.67 bits per heavy atom. The Labute approximate surface area is 158 Å². The van der Waals surface area contributed by atoms with Crippen LogP contribution in [0.2, 0.25) is 0 Å². The van der Waals surface area contributed by atoms with Gasteiger partial charge in [0.05, 0.1) is 13.2 Å². The zero-order chi connectivity index (χ0) is 19.1. The van der Waals surface area contributed by atoms with E-state index in [2.05, 4.69) is 10.4 Å². The first-order valence-corrected chi connectivity index (χ1v) is 9.05. The fourth-order valence-electron chi connectivity index (χ4n) is 2.81. The molecule has 2 aromatic carbocycles. The van der Waals surface area contributed by atoms with Gasteiger partial charge in [0.2, 0.25) is 5.91 Å². The predicted molar refractivity (Wildman–Crippen MR) is 104 cm³/mol. The summed E-state index contributed by atoms with van der Waals surface area (Å²) in [5.41, 5.74) is 3.01. The molecule has 0 radical (unpaired) electrons. The Bertz CT molecular complexity index is 834. The van der Waals surface area contributed by atoms with Gasteiger partial charge in [0.1, 0.15) is 5.71 Å². The fraction of sp³-hybridized carbons (Fsp3) is 0.286. The van der Waals surface area contributed by atoms with Gasteiger partial charge in [-0.1, -0.05) is 42.5 Å². The molecule has 0 aromatic heterocycles. The van der Waals surface area contributed by atoms with Crippen molar-refractivity contribution >= 4 is 23.2 Å². The van der Waals surface area contributed by atoms with Gasteiger partial charge in [-0.25, -0.2) is 5.01 Å². The molecule has 6 heteroatoms. The Hall–Kier alpha value is -2.99. The minimum absolute atomic E-state index is 0.0749. The van der Waals surface area contributed by atoms with Crippen LogP contribution in [-0.4, -0.2) is 29.1 Å². The van der Waals surface area contributed by atoms with E-state index >= 15 is 0 Å². The van der Waals surface area contributed by atoms with Crippen molar-refractivity contribution in [1.82, 2.24) is 5.01 Å². The van der Waals surface area contributed by atoms with E-state index in [-0.39, 0.29) is 18.2 Å². The smallest absolute Gasteiger partial charge is 0.271 e. The van der Waals surface area contributed by atoms with E-state index in [9.17, 15) is 9.59 Å². The van der Waals surface area contributed by atoms with Gasteiger partial charge < -0.3 is 10.1 Å². The molecule has 1 aliphatic heterocycles. The molecule has 0 aliphatic carbocycles. The first kappa shape index (κ1) is 18.8. The van der Waals surface area contributed by atoms with Gasteiger partial charge in [0.15, 0.2) is 0 Å². The van der Waals surface area contributed by atoms with Crippen LogP contribution in [0.25, 0.3) is 0 Å². The molecule has 0 fully saturated rings. The predicted octanol–water partition coefficient (Wildman–Crippen LogP) is 3.34. The normalized spacial score (nSPS) is 14.0. The van der Waals surface area contributed by atoms with Gasteiger partial charge in [0, 0.05) is 25.1 Å². The molecule has 3 rings (SSSR count). The van der Waals surface area contributed by atoms with Gasteiger partial charge in [-0.05, 0) is 30.2 Å². The lowest BCUT2D eigenvalue weighted by molar-refractivity contribution is -0.132. The van der Waals surface area contributed by atoms with Crippen LogP contribution >= 0.6 is 0 Å². The van der Waals surface area contributed by atoms with Crippen molar-refractivity contribution in [1.29, 1.82) is 0 Å². The molecular formula is C21H23N3O3. The maximum Gasteiger partial charge on any atom is 0.271 e. The first-order chi connectivity index (χ1) is 13.2. The number of hydrogen-bond donors (Lipinski definition) is 1. The lowest BCUT2D eigenvalue weighted by Gasteiger charge is -2.23. The molecule has 0 unspecified atom stereocenters. The number of hydrazone groups is 1. The van der Waals surface area contributed by atoms with Crippen LogP contribution in [0.5, 0.6) is 0 Å². The highest BCUT2D eigenvalue weighted by atomic mass is 16.5. The van der Waals surface area contributed by atoms with Crippen LogP contribution in [0.1, 0.15) is 30.9 Å². The zero-order valence-electron chi connectivity index (χ0n) is 15.4. The molecule has 140 valence electrons. The molecule has 1 N–H and O–H groups in total. The van der Waals surface area contributed by atoms with Crippen molar-refractivity contribution < 1.29 is 14.3 Å². The standard InChI is InChI=1S/C21H23N3O3/c1-2-27-15-17-9-6-10-18(13-17)22-21(26)19-11-12-20(25)24(23-19)14-16-7-4-3-5-8-16/h3-10,13H,2,11-12,14-15H2,1H3,(H,22,26). The van der Waals surface area contributed by atoms with Gasteiger partial charge in [-0.2, -0.15) is 5.10 Å². The minimum Gasteiger partial charge on any atom is -0.377 e. The highest BCUT2D eigenvalue weighted by Gasteiger charge is 2.24. The number of hydrogen-bond acceptors (Lipinski definition) is 4. The Morgan fingerprint density at radius 1 is 1.11 bits per heavy atom. The summed E-state index contributed by atoms with van der Waals surface area (Å²) in [6, 6.07) is 17.1. The summed E-state index contributed by atoms with van der Waals surface area (Å²) in [6.07, 6.45) is 0.623.